The first-order valence-corrected chi connectivity index (χ1v) is 3.96. The average molecular weight is 204 g/mol. The van der Waals surface area contributed by atoms with E-state index in [-0.39, 0.29) is 29.6 Å². The van der Waals surface area contributed by atoms with Gasteiger partial charge in [-0.1, -0.05) is 6.07 Å². The Balaban J connectivity index is 0.00000169. The van der Waals surface area contributed by atoms with Gasteiger partial charge in [0.1, 0.15) is 6.29 Å². The van der Waals surface area contributed by atoms with Crippen molar-refractivity contribution in [2.75, 3.05) is 14.2 Å². The molecule has 0 aliphatic rings. The van der Waals surface area contributed by atoms with Gasteiger partial charge >= 0.3 is 29.6 Å². The fraction of sp³-hybridized carbons (Fsp3) is 0.300. The monoisotopic (exact) mass is 204 g/mol. The first-order chi connectivity index (χ1) is 6.31. The van der Waals surface area contributed by atoms with E-state index in [0.29, 0.717) is 17.9 Å². The topological polar surface area (TPSA) is 35.5 Å². The number of hydrogen-bond acceptors (Lipinski definition) is 3. The van der Waals surface area contributed by atoms with Crippen LogP contribution in [-0.4, -0.2) is 50.1 Å². The molecule has 0 heterocycles. The van der Waals surface area contributed by atoms with E-state index in [9.17, 15) is 4.79 Å². The molecule has 1 rings (SSSR count). The van der Waals surface area contributed by atoms with Crippen molar-refractivity contribution in [2.45, 2.75) is 6.42 Å². The van der Waals surface area contributed by atoms with E-state index in [0.717, 1.165) is 11.8 Å². The minimum atomic E-state index is 0. The molecule has 1 aromatic rings. The molecule has 0 saturated heterocycles. The molecule has 0 fully saturated rings. The van der Waals surface area contributed by atoms with Crippen molar-refractivity contribution < 1.29 is 14.3 Å². The normalized spacial score (nSPS) is 8.71. The van der Waals surface area contributed by atoms with Crippen molar-refractivity contribution >= 4 is 35.8 Å². The number of ether oxygens (including phenoxy) is 2. The van der Waals surface area contributed by atoms with Gasteiger partial charge in [-0.05, 0) is 17.7 Å². The predicted octanol–water partition coefficient (Wildman–Crippen LogP) is 0.797. The molecule has 0 atom stereocenters. The zero-order valence-corrected chi connectivity index (χ0v) is 7.74. The fourth-order valence-corrected chi connectivity index (χ4v) is 1.10. The summed E-state index contributed by atoms with van der Waals surface area (Å²) < 4.78 is 10.1. The van der Waals surface area contributed by atoms with Gasteiger partial charge in [-0.2, -0.15) is 0 Å². The van der Waals surface area contributed by atoms with Crippen molar-refractivity contribution in [2.24, 2.45) is 0 Å². The van der Waals surface area contributed by atoms with Gasteiger partial charge in [-0.3, -0.25) is 0 Å². The fourth-order valence-electron chi connectivity index (χ4n) is 1.10. The molecule has 0 unspecified atom stereocenters. The van der Waals surface area contributed by atoms with E-state index < -0.39 is 0 Å². The van der Waals surface area contributed by atoms with Crippen LogP contribution in [0.5, 0.6) is 11.5 Å². The van der Waals surface area contributed by atoms with Crippen LogP contribution < -0.4 is 9.47 Å². The molecule has 3 nitrogen and oxygen atoms in total. The predicted molar refractivity (Wildman–Crippen MR) is 56.5 cm³/mol. The molecule has 0 amide bonds. The summed E-state index contributed by atoms with van der Waals surface area (Å²) >= 11 is 0. The molecule has 0 aliphatic carbocycles. The second-order valence-electron chi connectivity index (χ2n) is 2.56. The zero-order valence-electron chi connectivity index (χ0n) is 7.74. The standard InChI is InChI=1S/C10H12O3.Na.H/c1-12-9-4-3-8(5-6-11)7-10(9)13-2;;/h3-4,6-7H,5H2,1-2H3;;. The summed E-state index contributed by atoms with van der Waals surface area (Å²) in [7, 11) is 3.15. The van der Waals surface area contributed by atoms with Gasteiger partial charge < -0.3 is 14.3 Å². The Morgan fingerprint density at radius 3 is 2.36 bits per heavy atom. The van der Waals surface area contributed by atoms with Crippen LogP contribution in [0.15, 0.2) is 18.2 Å². The Labute approximate surface area is 106 Å². The van der Waals surface area contributed by atoms with E-state index in [1.807, 2.05) is 6.07 Å². The Bertz CT molecular complexity index is 299. The Morgan fingerprint density at radius 1 is 1.21 bits per heavy atom. The number of benzene rings is 1. The molecular formula is C10H13NaO3. The number of hydrogen-bond donors (Lipinski definition) is 0. The summed E-state index contributed by atoms with van der Waals surface area (Å²) in [5.41, 5.74) is 0.924. The zero-order chi connectivity index (χ0) is 9.68. The molecule has 0 N–H and O–H groups in total. The van der Waals surface area contributed by atoms with Crippen LogP contribution in [0, 0.1) is 0 Å². The Morgan fingerprint density at radius 2 is 1.86 bits per heavy atom. The quantitative estimate of drug-likeness (QED) is 0.537. The van der Waals surface area contributed by atoms with E-state index in [4.69, 9.17) is 9.47 Å². The Kier molecular flexibility index (Phi) is 6.62. The molecule has 72 valence electrons. The van der Waals surface area contributed by atoms with Gasteiger partial charge in [-0.15, -0.1) is 0 Å². The van der Waals surface area contributed by atoms with Crippen LogP contribution >= 0.6 is 0 Å². The van der Waals surface area contributed by atoms with Gasteiger partial charge in [0.25, 0.3) is 0 Å². The second kappa shape index (κ2) is 6.87. The summed E-state index contributed by atoms with van der Waals surface area (Å²) in [4.78, 5) is 10.3. The van der Waals surface area contributed by atoms with Crippen molar-refractivity contribution in [3.05, 3.63) is 23.8 Å². The third-order valence-electron chi connectivity index (χ3n) is 1.77. The number of methoxy groups -OCH3 is 2. The van der Waals surface area contributed by atoms with Crippen LogP contribution in [0.3, 0.4) is 0 Å². The number of rotatable bonds is 4. The molecule has 0 aromatic heterocycles. The van der Waals surface area contributed by atoms with Crippen molar-refractivity contribution in [3.63, 3.8) is 0 Å². The van der Waals surface area contributed by atoms with E-state index in [1.54, 1.807) is 26.4 Å². The summed E-state index contributed by atoms with van der Waals surface area (Å²) in [6.45, 7) is 0. The van der Waals surface area contributed by atoms with Crippen molar-refractivity contribution in [3.8, 4) is 11.5 Å². The van der Waals surface area contributed by atoms with Crippen molar-refractivity contribution in [1.29, 1.82) is 0 Å². The van der Waals surface area contributed by atoms with Gasteiger partial charge in [-0.25, -0.2) is 0 Å². The Hall–Kier alpha value is -0.510. The summed E-state index contributed by atoms with van der Waals surface area (Å²) in [5.74, 6) is 1.33. The SMILES string of the molecule is COc1ccc(CC=O)cc1OC.[NaH]. The molecule has 14 heavy (non-hydrogen) atoms. The minimum absolute atomic E-state index is 0. The summed E-state index contributed by atoms with van der Waals surface area (Å²) in [5, 5.41) is 0. The second-order valence-corrected chi connectivity index (χ2v) is 2.56. The molecule has 0 saturated carbocycles. The molecule has 0 radical (unpaired) electrons. The molecule has 1 aromatic carbocycles. The molecule has 4 heteroatoms. The summed E-state index contributed by atoms with van der Waals surface area (Å²) in [6, 6.07) is 5.43. The average Bonchev–Trinajstić information content (AvgIpc) is 2.18. The molecular weight excluding hydrogens is 191 g/mol. The van der Waals surface area contributed by atoms with Crippen LogP contribution in [0.25, 0.3) is 0 Å². The third-order valence-corrected chi connectivity index (χ3v) is 1.77. The van der Waals surface area contributed by atoms with E-state index in [2.05, 4.69) is 0 Å². The first-order valence-electron chi connectivity index (χ1n) is 3.96. The van der Waals surface area contributed by atoms with Crippen LogP contribution in [0.4, 0.5) is 0 Å². The molecule has 0 bridgehead atoms. The van der Waals surface area contributed by atoms with Crippen molar-refractivity contribution in [1.82, 2.24) is 0 Å². The molecule has 0 aliphatic heterocycles. The van der Waals surface area contributed by atoms with Crippen LogP contribution in [-0.2, 0) is 11.2 Å². The van der Waals surface area contributed by atoms with Gasteiger partial charge in [0.15, 0.2) is 11.5 Å². The number of carbonyl (C=O) groups is 1. The maximum atomic E-state index is 10.3. The van der Waals surface area contributed by atoms with E-state index >= 15 is 0 Å². The molecule has 0 spiro atoms. The van der Waals surface area contributed by atoms with E-state index in [1.165, 1.54) is 0 Å². The van der Waals surface area contributed by atoms with Gasteiger partial charge in [0, 0.05) is 6.42 Å². The van der Waals surface area contributed by atoms with Crippen LogP contribution in [0.2, 0.25) is 0 Å². The maximum absolute atomic E-state index is 10.3. The summed E-state index contributed by atoms with van der Waals surface area (Å²) in [6.07, 6.45) is 1.27. The third kappa shape index (κ3) is 3.33. The first kappa shape index (κ1) is 13.5. The van der Waals surface area contributed by atoms with Gasteiger partial charge in [0.2, 0.25) is 0 Å². The van der Waals surface area contributed by atoms with Gasteiger partial charge in [0.05, 0.1) is 14.2 Å². The number of carbonyl (C=O) groups excluding carboxylic acids is 1. The van der Waals surface area contributed by atoms with Crippen LogP contribution in [0.1, 0.15) is 5.56 Å². The number of aldehydes is 1.